The Balaban J connectivity index is 2.71. The van der Waals surface area contributed by atoms with Gasteiger partial charge in [0.05, 0.1) is 17.5 Å². The molecule has 1 amide bonds. The van der Waals surface area contributed by atoms with Crippen LogP contribution in [-0.2, 0) is 9.59 Å². The van der Waals surface area contributed by atoms with E-state index in [1.54, 1.807) is 6.07 Å². The normalized spacial score (nSPS) is 11.5. The van der Waals surface area contributed by atoms with Crippen LogP contribution in [0.3, 0.4) is 0 Å². The quantitative estimate of drug-likeness (QED) is 0.621. The van der Waals surface area contributed by atoms with Crippen molar-refractivity contribution in [3.8, 4) is 6.07 Å². The highest BCUT2D eigenvalue weighted by Gasteiger charge is 2.26. The molecule has 21 heavy (non-hydrogen) atoms. The number of nitriles is 1. The molecule has 0 aliphatic carbocycles. The molecule has 0 aromatic heterocycles. The highest BCUT2D eigenvalue weighted by molar-refractivity contribution is 7.99. The largest absolute Gasteiger partial charge is 0.322 e. The van der Waals surface area contributed by atoms with Crippen LogP contribution in [0.1, 0.15) is 13.3 Å². The Hall–Kier alpha value is -1.94. The second kappa shape index (κ2) is 8.37. The number of halogens is 2. The molecule has 7 heteroatoms. The summed E-state index contributed by atoms with van der Waals surface area (Å²) >= 11 is 1.33. The number of benzene rings is 1. The van der Waals surface area contributed by atoms with Crippen LogP contribution in [0.4, 0.5) is 14.5 Å². The van der Waals surface area contributed by atoms with E-state index < -0.39 is 29.2 Å². The van der Waals surface area contributed by atoms with Crippen molar-refractivity contribution in [3.63, 3.8) is 0 Å². The molecule has 1 rings (SSSR count). The summed E-state index contributed by atoms with van der Waals surface area (Å²) in [5, 5.41) is 11.0. The van der Waals surface area contributed by atoms with Gasteiger partial charge in [0.25, 0.3) is 0 Å². The van der Waals surface area contributed by atoms with Crippen molar-refractivity contribution in [2.24, 2.45) is 5.92 Å². The molecule has 0 heterocycles. The maximum atomic E-state index is 13.4. The first kappa shape index (κ1) is 17.1. The number of amides is 1. The number of carbonyl (C=O) groups excluding carboxylic acids is 2. The highest BCUT2D eigenvalue weighted by Crippen LogP contribution is 2.16. The minimum Gasteiger partial charge on any atom is -0.322 e. The maximum Gasteiger partial charge on any atom is 0.249 e. The van der Waals surface area contributed by atoms with Crippen molar-refractivity contribution in [1.82, 2.24) is 0 Å². The maximum absolute atomic E-state index is 13.4. The summed E-state index contributed by atoms with van der Waals surface area (Å²) in [5.74, 6) is -3.90. The lowest BCUT2D eigenvalue weighted by Gasteiger charge is -2.10. The van der Waals surface area contributed by atoms with Crippen molar-refractivity contribution >= 4 is 29.1 Å². The fourth-order valence-electron chi connectivity index (χ4n) is 1.47. The van der Waals surface area contributed by atoms with Crippen LogP contribution in [0.2, 0.25) is 0 Å². The number of anilines is 1. The van der Waals surface area contributed by atoms with E-state index in [4.69, 9.17) is 5.26 Å². The second-order valence-electron chi connectivity index (χ2n) is 4.19. The number of rotatable bonds is 7. The molecule has 1 aromatic rings. The third-order valence-corrected chi connectivity index (χ3v) is 3.68. The number of hydrogen-bond acceptors (Lipinski definition) is 4. The lowest BCUT2D eigenvalue weighted by atomic mass is 10.1. The number of nitrogens with zero attached hydrogens (tertiary/aromatic N) is 1. The SMILES string of the molecule is CCCSCC(=O)[C@@H](C#N)C(=O)Nc1ccc(F)cc1F. The Kier molecular flexibility index (Phi) is 6.82. The fraction of sp³-hybridized carbons (Fsp3) is 0.357. The molecule has 0 bridgehead atoms. The minimum absolute atomic E-state index is 0.0470. The molecule has 4 nitrogen and oxygen atoms in total. The van der Waals surface area contributed by atoms with Gasteiger partial charge in [-0.05, 0) is 24.3 Å². The molecule has 112 valence electrons. The molecule has 0 saturated carbocycles. The monoisotopic (exact) mass is 312 g/mol. The smallest absolute Gasteiger partial charge is 0.249 e. The molecule has 1 N–H and O–H groups in total. The highest BCUT2D eigenvalue weighted by atomic mass is 32.2. The van der Waals surface area contributed by atoms with Crippen LogP contribution >= 0.6 is 11.8 Å². The standard InChI is InChI=1S/C14H14F2N2O2S/c1-2-5-21-8-13(19)10(7-17)14(20)18-12-4-3-9(15)6-11(12)16/h3-4,6,10H,2,5,8H2,1H3,(H,18,20)/t10-/m1/s1. The van der Waals surface area contributed by atoms with E-state index in [0.717, 1.165) is 24.3 Å². The third-order valence-electron chi connectivity index (χ3n) is 2.50. The van der Waals surface area contributed by atoms with E-state index >= 15 is 0 Å². The van der Waals surface area contributed by atoms with E-state index in [9.17, 15) is 18.4 Å². The number of thioether (sulfide) groups is 1. The summed E-state index contributed by atoms with van der Waals surface area (Å²) in [6, 6.07) is 4.22. The van der Waals surface area contributed by atoms with Crippen LogP contribution in [0.15, 0.2) is 18.2 Å². The first-order valence-corrected chi connectivity index (χ1v) is 7.41. The zero-order valence-electron chi connectivity index (χ0n) is 11.4. The van der Waals surface area contributed by atoms with E-state index in [-0.39, 0.29) is 11.4 Å². The Morgan fingerprint density at radius 3 is 2.71 bits per heavy atom. The van der Waals surface area contributed by atoms with Crippen molar-refractivity contribution in [2.75, 3.05) is 16.8 Å². The molecular weight excluding hydrogens is 298 g/mol. The van der Waals surface area contributed by atoms with Gasteiger partial charge in [-0.25, -0.2) is 8.78 Å². The van der Waals surface area contributed by atoms with E-state index in [0.29, 0.717) is 6.07 Å². The molecular formula is C14H14F2N2O2S. The summed E-state index contributed by atoms with van der Waals surface area (Å²) < 4.78 is 26.1. The lowest BCUT2D eigenvalue weighted by molar-refractivity contribution is -0.127. The molecule has 0 unspecified atom stereocenters. The van der Waals surface area contributed by atoms with Gasteiger partial charge >= 0.3 is 0 Å². The lowest BCUT2D eigenvalue weighted by Crippen LogP contribution is -2.30. The predicted octanol–water partition coefficient (Wildman–Crippen LogP) is 2.76. The Labute approximate surface area is 125 Å². The summed E-state index contributed by atoms with van der Waals surface area (Å²) in [5.41, 5.74) is -0.268. The van der Waals surface area contributed by atoms with Crippen molar-refractivity contribution < 1.29 is 18.4 Å². The van der Waals surface area contributed by atoms with Gasteiger partial charge < -0.3 is 5.32 Å². The molecule has 0 aliphatic heterocycles. The van der Waals surface area contributed by atoms with Gasteiger partial charge in [0.2, 0.25) is 5.91 Å². The molecule has 0 saturated heterocycles. The van der Waals surface area contributed by atoms with Crippen LogP contribution in [-0.4, -0.2) is 23.2 Å². The minimum atomic E-state index is -1.50. The Morgan fingerprint density at radius 1 is 1.43 bits per heavy atom. The van der Waals surface area contributed by atoms with Crippen LogP contribution < -0.4 is 5.32 Å². The third kappa shape index (κ3) is 5.16. The molecule has 0 fully saturated rings. The van der Waals surface area contributed by atoms with Gasteiger partial charge in [-0.15, -0.1) is 0 Å². The van der Waals surface area contributed by atoms with Gasteiger partial charge in [-0.2, -0.15) is 17.0 Å². The predicted molar refractivity (Wildman–Crippen MR) is 76.7 cm³/mol. The fourth-order valence-corrected chi connectivity index (χ4v) is 2.27. The summed E-state index contributed by atoms with van der Waals surface area (Å²) in [7, 11) is 0. The van der Waals surface area contributed by atoms with Crippen LogP contribution in [0, 0.1) is 28.9 Å². The van der Waals surface area contributed by atoms with Gasteiger partial charge in [0, 0.05) is 6.07 Å². The molecule has 0 aliphatic rings. The van der Waals surface area contributed by atoms with Crippen molar-refractivity contribution in [3.05, 3.63) is 29.8 Å². The van der Waals surface area contributed by atoms with Crippen LogP contribution in [0.5, 0.6) is 0 Å². The van der Waals surface area contributed by atoms with E-state index in [2.05, 4.69) is 5.32 Å². The van der Waals surface area contributed by atoms with Gasteiger partial charge in [-0.3, -0.25) is 9.59 Å². The number of ketones is 1. The first-order chi connectivity index (χ1) is 9.99. The zero-order chi connectivity index (χ0) is 15.8. The number of Topliss-reactive ketones (excluding diaryl/α,β-unsaturated/α-hetero) is 1. The molecule has 1 aromatic carbocycles. The molecule has 0 spiro atoms. The average molecular weight is 312 g/mol. The van der Waals surface area contributed by atoms with Crippen molar-refractivity contribution in [1.29, 1.82) is 5.26 Å². The topological polar surface area (TPSA) is 70.0 Å². The zero-order valence-corrected chi connectivity index (χ0v) is 12.2. The van der Waals surface area contributed by atoms with Gasteiger partial charge in [0.1, 0.15) is 11.6 Å². The molecule has 1 atom stereocenters. The summed E-state index contributed by atoms with van der Waals surface area (Å²) in [6.07, 6.45) is 0.877. The number of carbonyl (C=O) groups is 2. The summed E-state index contributed by atoms with van der Waals surface area (Å²) in [4.78, 5) is 23.6. The van der Waals surface area contributed by atoms with E-state index in [1.165, 1.54) is 11.8 Å². The van der Waals surface area contributed by atoms with E-state index in [1.807, 2.05) is 6.92 Å². The Bertz CT molecular complexity index is 573. The number of hydrogen-bond donors (Lipinski definition) is 1. The second-order valence-corrected chi connectivity index (χ2v) is 5.30. The summed E-state index contributed by atoms with van der Waals surface area (Å²) in [6.45, 7) is 1.95. The average Bonchev–Trinajstić information content (AvgIpc) is 2.43. The van der Waals surface area contributed by atoms with Crippen molar-refractivity contribution in [2.45, 2.75) is 13.3 Å². The molecule has 0 radical (unpaired) electrons. The number of nitrogens with one attached hydrogen (secondary N) is 1. The van der Waals surface area contributed by atoms with Gasteiger partial charge in [0.15, 0.2) is 11.7 Å². The Morgan fingerprint density at radius 2 is 2.14 bits per heavy atom. The van der Waals surface area contributed by atoms with Crippen LogP contribution in [0.25, 0.3) is 0 Å². The van der Waals surface area contributed by atoms with Gasteiger partial charge in [-0.1, -0.05) is 6.92 Å². The first-order valence-electron chi connectivity index (χ1n) is 6.25.